The van der Waals surface area contributed by atoms with Crippen LogP contribution >= 0.6 is 0 Å². The normalized spacial score (nSPS) is 12.4. The summed E-state index contributed by atoms with van der Waals surface area (Å²) >= 11 is 0. The van der Waals surface area contributed by atoms with E-state index in [9.17, 15) is 4.39 Å². The Balaban J connectivity index is 2.04. The van der Waals surface area contributed by atoms with Crippen LogP contribution in [0.2, 0.25) is 0 Å². The highest BCUT2D eigenvalue weighted by Gasteiger charge is 2.10. The van der Waals surface area contributed by atoms with Crippen molar-refractivity contribution in [3.63, 3.8) is 0 Å². The van der Waals surface area contributed by atoms with E-state index in [2.05, 4.69) is 15.5 Å². The van der Waals surface area contributed by atoms with Gasteiger partial charge in [0.15, 0.2) is 0 Å². The lowest BCUT2D eigenvalue weighted by atomic mass is 10.1. The average molecular weight is 250 g/mol. The number of anilines is 1. The summed E-state index contributed by atoms with van der Waals surface area (Å²) in [6, 6.07) is 6.56. The van der Waals surface area contributed by atoms with Gasteiger partial charge in [0.2, 0.25) is 5.89 Å². The first-order chi connectivity index (χ1) is 8.69. The van der Waals surface area contributed by atoms with Crippen LogP contribution in [0.3, 0.4) is 0 Å². The summed E-state index contributed by atoms with van der Waals surface area (Å²) in [6.07, 6.45) is 0.545. The van der Waals surface area contributed by atoms with Gasteiger partial charge in [-0.25, -0.2) is 4.39 Å². The number of nitrogens with two attached hydrogens (primary N) is 1. The molecule has 18 heavy (non-hydrogen) atoms. The molecular weight excluding hydrogens is 235 g/mol. The van der Waals surface area contributed by atoms with E-state index in [1.165, 1.54) is 12.1 Å². The molecule has 96 valence electrons. The summed E-state index contributed by atoms with van der Waals surface area (Å²) < 4.78 is 18.4. The van der Waals surface area contributed by atoms with E-state index in [0.717, 1.165) is 5.56 Å². The minimum Gasteiger partial charge on any atom is -0.408 e. The van der Waals surface area contributed by atoms with Gasteiger partial charge in [0.1, 0.15) is 5.82 Å². The summed E-state index contributed by atoms with van der Waals surface area (Å²) in [5.41, 5.74) is 6.20. The number of hydrogen-bond donors (Lipinski definition) is 2. The van der Waals surface area contributed by atoms with Crippen LogP contribution in [0.4, 0.5) is 10.4 Å². The second kappa shape index (κ2) is 5.59. The van der Waals surface area contributed by atoms with Gasteiger partial charge in [0.05, 0.1) is 6.04 Å². The fourth-order valence-corrected chi connectivity index (χ4v) is 1.58. The van der Waals surface area contributed by atoms with Crippen molar-refractivity contribution in [1.29, 1.82) is 0 Å². The summed E-state index contributed by atoms with van der Waals surface area (Å²) in [5.74, 6) is 0.224. The molecule has 1 heterocycles. The summed E-state index contributed by atoms with van der Waals surface area (Å²) in [6.45, 7) is 2.35. The molecule has 0 aliphatic heterocycles. The molecular formula is C12H15FN4O. The molecule has 1 atom stereocenters. The average Bonchev–Trinajstić information content (AvgIpc) is 2.77. The largest absolute Gasteiger partial charge is 0.408 e. The van der Waals surface area contributed by atoms with E-state index in [1.807, 2.05) is 13.0 Å². The maximum atomic E-state index is 13.1. The SMILES string of the molecule is CC(Nc1nnc(CCN)o1)c1cccc(F)c1. The standard InChI is InChI=1S/C12H15FN4O/c1-8(9-3-2-4-10(13)7-9)15-12-17-16-11(18-12)5-6-14/h2-4,7-8H,5-6,14H2,1H3,(H,15,17). The molecule has 1 aromatic carbocycles. The lowest BCUT2D eigenvalue weighted by Crippen LogP contribution is -2.07. The van der Waals surface area contributed by atoms with Crippen molar-refractivity contribution in [2.24, 2.45) is 5.73 Å². The number of halogens is 1. The maximum Gasteiger partial charge on any atom is 0.315 e. The molecule has 1 aromatic heterocycles. The first kappa shape index (κ1) is 12.5. The topological polar surface area (TPSA) is 77.0 Å². The fraction of sp³-hybridized carbons (Fsp3) is 0.333. The van der Waals surface area contributed by atoms with Crippen LogP contribution in [0.5, 0.6) is 0 Å². The Morgan fingerprint density at radius 1 is 1.44 bits per heavy atom. The predicted molar refractivity (Wildman–Crippen MR) is 65.5 cm³/mol. The van der Waals surface area contributed by atoms with E-state index < -0.39 is 0 Å². The third-order valence-corrected chi connectivity index (χ3v) is 2.51. The molecule has 0 aliphatic carbocycles. The Hall–Kier alpha value is -1.95. The van der Waals surface area contributed by atoms with Gasteiger partial charge >= 0.3 is 6.01 Å². The summed E-state index contributed by atoms with van der Waals surface area (Å²) in [5, 5.41) is 10.7. The molecule has 2 rings (SSSR count). The van der Waals surface area contributed by atoms with Gasteiger partial charge in [-0.05, 0) is 24.6 Å². The molecule has 0 saturated heterocycles. The van der Waals surface area contributed by atoms with Crippen LogP contribution in [0, 0.1) is 5.82 Å². The van der Waals surface area contributed by atoms with Crippen molar-refractivity contribution in [1.82, 2.24) is 10.2 Å². The summed E-state index contributed by atoms with van der Waals surface area (Å²) in [7, 11) is 0. The molecule has 1 unspecified atom stereocenters. The quantitative estimate of drug-likeness (QED) is 0.847. The minimum absolute atomic E-state index is 0.119. The number of nitrogens with zero attached hydrogens (tertiary/aromatic N) is 2. The molecule has 0 saturated carbocycles. The molecule has 0 amide bonds. The van der Waals surface area contributed by atoms with E-state index in [-0.39, 0.29) is 11.9 Å². The molecule has 0 bridgehead atoms. The summed E-state index contributed by atoms with van der Waals surface area (Å²) in [4.78, 5) is 0. The van der Waals surface area contributed by atoms with Crippen LogP contribution in [-0.2, 0) is 6.42 Å². The van der Waals surface area contributed by atoms with E-state index in [1.54, 1.807) is 6.07 Å². The Labute approximate surface area is 104 Å². The molecule has 2 aromatic rings. The van der Waals surface area contributed by atoms with Gasteiger partial charge < -0.3 is 15.5 Å². The minimum atomic E-state index is -0.268. The molecule has 6 heteroatoms. The van der Waals surface area contributed by atoms with Crippen molar-refractivity contribution >= 4 is 6.01 Å². The van der Waals surface area contributed by atoms with Crippen molar-refractivity contribution < 1.29 is 8.81 Å². The van der Waals surface area contributed by atoms with Crippen molar-refractivity contribution in [2.75, 3.05) is 11.9 Å². The third kappa shape index (κ3) is 3.04. The lowest BCUT2D eigenvalue weighted by Gasteiger charge is -2.11. The monoisotopic (exact) mass is 250 g/mol. The van der Waals surface area contributed by atoms with E-state index >= 15 is 0 Å². The van der Waals surface area contributed by atoms with Crippen molar-refractivity contribution in [3.05, 3.63) is 41.5 Å². The van der Waals surface area contributed by atoms with Gasteiger partial charge in [-0.3, -0.25) is 0 Å². The second-order valence-corrected chi connectivity index (χ2v) is 3.96. The zero-order valence-electron chi connectivity index (χ0n) is 10.1. The fourth-order valence-electron chi connectivity index (χ4n) is 1.58. The zero-order chi connectivity index (χ0) is 13.0. The Morgan fingerprint density at radius 3 is 3.00 bits per heavy atom. The number of rotatable bonds is 5. The van der Waals surface area contributed by atoms with Gasteiger partial charge in [-0.1, -0.05) is 17.2 Å². The van der Waals surface area contributed by atoms with Crippen LogP contribution in [-0.4, -0.2) is 16.7 Å². The Morgan fingerprint density at radius 2 is 2.28 bits per heavy atom. The van der Waals surface area contributed by atoms with Crippen molar-refractivity contribution in [3.8, 4) is 0 Å². The van der Waals surface area contributed by atoms with Gasteiger partial charge in [-0.15, -0.1) is 5.10 Å². The highest BCUT2D eigenvalue weighted by molar-refractivity contribution is 5.28. The Kier molecular flexibility index (Phi) is 3.88. The number of nitrogens with one attached hydrogen (secondary N) is 1. The van der Waals surface area contributed by atoms with Crippen LogP contribution in [0.15, 0.2) is 28.7 Å². The smallest absolute Gasteiger partial charge is 0.315 e. The molecule has 5 nitrogen and oxygen atoms in total. The van der Waals surface area contributed by atoms with Crippen LogP contribution in [0.1, 0.15) is 24.4 Å². The third-order valence-electron chi connectivity index (χ3n) is 2.51. The molecule has 0 spiro atoms. The second-order valence-electron chi connectivity index (χ2n) is 3.96. The number of benzene rings is 1. The van der Waals surface area contributed by atoms with Crippen molar-refractivity contribution in [2.45, 2.75) is 19.4 Å². The molecule has 3 N–H and O–H groups in total. The molecule has 0 radical (unpaired) electrons. The van der Waals surface area contributed by atoms with E-state index in [0.29, 0.717) is 24.9 Å². The number of hydrogen-bond acceptors (Lipinski definition) is 5. The lowest BCUT2D eigenvalue weighted by molar-refractivity contribution is 0.501. The van der Waals surface area contributed by atoms with Crippen LogP contribution < -0.4 is 11.1 Å². The zero-order valence-corrected chi connectivity index (χ0v) is 10.1. The maximum absolute atomic E-state index is 13.1. The predicted octanol–water partition coefficient (Wildman–Crippen LogP) is 1.88. The van der Waals surface area contributed by atoms with Gasteiger partial charge in [0, 0.05) is 13.0 Å². The first-order valence-electron chi connectivity index (χ1n) is 5.73. The highest BCUT2D eigenvalue weighted by atomic mass is 19.1. The first-order valence-corrected chi connectivity index (χ1v) is 5.73. The number of aromatic nitrogens is 2. The molecule has 0 aliphatic rings. The van der Waals surface area contributed by atoms with Crippen LogP contribution in [0.25, 0.3) is 0 Å². The highest BCUT2D eigenvalue weighted by Crippen LogP contribution is 2.18. The Bertz CT molecular complexity index is 514. The van der Waals surface area contributed by atoms with Gasteiger partial charge in [-0.2, -0.15) is 0 Å². The van der Waals surface area contributed by atoms with Gasteiger partial charge in [0.25, 0.3) is 0 Å². The van der Waals surface area contributed by atoms with E-state index in [4.69, 9.17) is 10.2 Å². The molecule has 0 fully saturated rings.